The minimum atomic E-state index is 0.735. The maximum atomic E-state index is 4.45. The van der Waals surface area contributed by atoms with Gasteiger partial charge in [0.25, 0.3) is 0 Å². The number of nitrogens with zero attached hydrogens (tertiary/aromatic N) is 3. The first-order valence-corrected chi connectivity index (χ1v) is 7.36. The van der Waals surface area contributed by atoms with Gasteiger partial charge in [-0.2, -0.15) is 0 Å². The second-order valence-corrected chi connectivity index (χ2v) is 6.14. The van der Waals surface area contributed by atoms with E-state index in [1.807, 2.05) is 6.20 Å². The summed E-state index contributed by atoms with van der Waals surface area (Å²) in [5.74, 6) is 3.16. The zero-order valence-electron chi connectivity index (χ0n) is 10.9. The van der Waals surface area contributed by atoms with Gasteiger partial charge >= 0.3 is 0 Å². The smallest absolute Gasteiger partial charge is 0.122 e. The molecule has 1 saturated heterocycles. The predicted molar refractivity (Wildman–Crippen MR) is 70.1 cm³/mol. The summed E-state index contributed by atoms with van der Waals surface area (Å²) < 4.78 is 2.29. The van der Waals surface area contributed by atoms with Crippen molar-refractivity contribution in [1.82, 2.24) is 19.8 Å². The molecule has 98 valence electrons. The number of fused-ring (bicyclic) bond motifs is 2. The van der Waals surface area contributed by atoms with Crippen molar-refractivity contribution in [2.45, 2.75) is 38.4 Å². The molecule has 2 aliphatic heterocycles. The fraction of sp³-hybridized carbons (Fsp3) is 0.786. The van der Waals surface area contributed by atoms with Crippen LogP contribution >= 0.6 is 0 Å². The maximum Gasteiger partial charge on any atom is 0.122 e. The van der Waals surface area contributed by atoms with Gasteiger partial charge < -0.3 is 9.88 Å². The van der Waals surface area contributed by atoms with E-state index in [1.54, 1.807) is 0 Å². The van der Waals surface area contributed by atoms with Crippen LogP contribution in [-0.2, 0) is 13.1 Å². The van der Waals surface area contributed by atoms with Crippen molar-refractivity contribution in [3.8, 4) is 0 Å². The van der Waals surface area contributed by atoms with Crippen LogP contribution in [0.2, 0.25) is 0 Å². The van der Waals surface area contributed by atoms with Crippen molar-refractivity contribution >= 4 is 0 Å². The Balaban J connectivity index is 1.41. The topological polar surface area (TPSA) is 33.1 Å². The molecule has 3 heterocycles. The van der Waals surface area contributed by atoms with E-state index in [-0.39, 0.29) is 0 Å². The highest BCUT2D eigenvalue weighted by atomic mass is 15.2. The highest BCUT2D eigenvalue weighted by Crippen LogP contribution is 2.38. The largest absolute Gasteiger partial charge is 0.333 e. The van der Waals surface area contributed by atoms with Crippen LogP contribution in [0.25, 0.3) is 0 Å². The van der Waals surface area contributed by atoms with E-state index in [4.69, 9.17) is 0 Å². The van der Waals surface area contributed by atoms with Gasteiger partial charge in [-0.3, -0.25) is 4.90 Å². The molecule has 4 rings (SSSR count). The number of hydrogen-bond donors (Lipinski definition) is 1. The van der Waals surface area contributed by atoms with Gasteiger partial charge in [0, 0.05) is 38.1 Å². The summed E-state index contributed by atoms with van der Waals surface area (Å²) in [7, 11) is 0. The molecule has 1 aromatic rings. The van der Waals surface area contributed by atoms with Crippen LogP contribution in [0.5, 0.6) is 0 Å². The fourth-order valence-electron chi connectivity index (χ4n) is 4.16. The molecule has 4 nitrogen and oxygen atoms in total. The van der Waals surface area contributed by atoms with Crippen molar-refractivity contribution in [1.29, 1.82) is 0 Å². The summed E-state index contributed by atoms with van der Waals surface area (Å²) in [5.41, 5.74) is 0. The third-order valence-electron chi connectivity index (χ3n) is 5.16. The molecule has 18 heavy (non-hydrogen) atoms. The Labute approximate surface area is 108 Å². The Bertz CT molecular complexity index is 427. The molecule has 3 unspecified atom stereocenters. The second kappa shape index (κ2) is 4.35. The molecule has 0 bridgehead atoms. The lowest BCUT2D eigenvalue weighted by Gasteiger charge is -2.31. The van der Waals surface area contributed by atoms with Gasteiger partial charge in [-0.05, 0) is 31.2 Å². The third-order valence-corrected chi connectivity index (χ3v) is 5.16. The highest BCUT2D eigenvalue weighted by Gasteiger charge is 2.39. The monoisotopic (exact) mass is 246 g/mol. The van der Waals surface area contributed by atoms with E-state index >= 15 is 0 Å². The molecule has 1 aliphatic carbocycles. The average Bonchev–Trinajstić information content (AvgIpc) is 3.06. The molecule has 1 N–H and O–H groups in total. The standard InChI is InChI=1S/C14H22N4/c1-2-11-8-16-13(12(11)3-1)9-17-6-7-18-5-4-15-14(18)10-17/h4-5,11-13,16H,1-3,6-10H2. The SMILES string of the molecule is c1cn2c(n1)CN(CC1NCC3CCCC31)CC2. The Morgan fingerprint density at radius 1 is 1.33 bits per heavy atom. The van der Waals surface area contributed by atoms with E-state index in [2.05, 4.69) is 26.0 Å². The van der Waals surface area contributed by atoms with Crippen molar-refractivity contribution < 1.29 is 0 Å². The molecule has 2 fully saturated rings. The molecule has 1 aromatic heterocycles. The first kappa shape index (κ1) is 11.0. The molecule has 0 aromatic carbocycles. The van der Waals surface area contributed by atoms with E-state index in [0.717, 1.165) is 31.0 Å². The minimum Gasteiger partial charge on any atom is -0.333 e. The van der Waals surface area contributed by atoms with Crippen molar-refractivity contribution in [2.75, 3.05) is 19.6 Å². The summed E-state index contributed by atoms with van der Waals surface area (Å²) in [6, 6.07) is 0.735. The summed E-state index contributed by atoms with van der Waals surface area (Å²) >= 11 is 0. The van der Waals surface area contributed by atoms with Crippen molar-refractivity contribution in [2.24, 2.45) is 11.8 Å². The van der Waals surface area contributed by atoms with Gasteiger partial charge in [0.05, 0.1) is 6.54 Å². The van der Waals surface area contributed by atoms with Crippen LogP contribution in [0.15, 0.2) is 12.4 Å². The van der Waals surface area contributed by atoms with Gasteiger partial charge in [0.15, 0.2) is 0 Å². The lowest BCUT2D eigenvalue weighted by Crippen LogP contribution is -2.43. The molecule has 3 atom stereocenters. The van der Waals surface area contributed by atoms with Crippen LogP contribution in [0.4, 0.5) is 0 Å². The molecule has 0 radical (unpaired) electrons. The number of rotatable bonds is 2. The van der Waals surface area contributed by atoms with Crippen molar-refractivity contribution in [3.05, 3.63) is 18.2 Å². The zero-order chi connectivity index (χ0) is 11.9. The quantitative estimate of drug-likeness (QED) is 0.848. The van der Waals surface area contributed by atoms with E-state index in [9.17, 15) is 0 Å². The predicted octanol–water partition coefficient (Wildman–Crippen LogP) is 1.09. The molecule has 3 aliphatic rings. The minimum absolute atomic E-state index is 0.735. The number of aromatic nitrogens is 2. The molecule has 1 saturated carbocycles. The fourth-order valence-corrected chi connectivity index (χ4v) is 4.16. The average molecular weight is 246 g/mol. The highest BCUT2D eigenvalue weighted by molar-refractivity contribution is 4.99. The van der Waals surface area contributed by atoms with Crippen LogP contribution in [0, 0.1) is 11.8 Å². The van der Waals surface area contributed by atoms with Crippen LogP contribution in [0.1, 0.15) is 25.1 Å². The van der Waals surface area contributed by atoms with Gasteiger partial charge in [-0.15, -0.1) is 0 Å². The molecular weight excluding hydrogens is 224 g/mol. The Hall–Kier alpha value is -0.870. The number of nitrogens with one attached hydrogen (secondary N) is 1. The second-order valence-electron chi connectivity index (χ2n) is 6.14. The number of hydrogen-bond acceptors (Lipinski definition) is 3. The van der Waals surface area contributed by atoms with E-state index in [1.165, 1.54) is 44.7 Å². The number of imidazole rings is 1. The van der Waals surface area contributed by atoms with Crippen LogP contribution in [0.3, 0.4) is 0 Å². The summed E-state index contributed by atoms with van der Waals surface area (Å²) in [4.78, 5) is 7.03. The molecule has 0 amide bonds. The molecule has 4 heteroatoms. The first-order chi connectivity index (χ1) is 8.90. The Morgan fingerprint density at radius 2 is 2.33 bits per heavy atom. The maximum absolute atomic E-state index is 4.45. The van der Waals surface area contributed by atoms with Crippen molar-refractivity contribution in [3.63, 3.8) is 0 Å². The third kappa shape index (κ3) is 1.79. The van der Waals surface area contributed by atoms with E-state index in [0.29, 0.717) is 0 Å². The lowest BCUT2D eigenvalue weighted by atomic mass is 9.94. The molecule has 0 spiro atoms. The summed E-state index contributed by atoms with van der Waals surface area (Å²) in [6.45, 7) is 5.80. The van der Waals surface area contributed by atoms with Gasteiger partial charge in [-0.25, -0.2) is 4.98 Å². The molecular formula is C14H22N4. The first-order valence-electron chi connectivity index (χ1n) is 7.36. The van der Waals surface area contributed by atoms with Gasteiger partial charge in [0.1, 0.15) is 5.82 Å². The summed E-state index contributed by atoms with van der Waals surface area (Å²) in [6.07, 6.45) is 8.40. The zero-order valence-corrected chi connectivity index (χ0v) is 10.9. The lowest BCUT2D eigenvalue weighted by molar-refractivity contribution is 0.184. The van der Waals surface area contributed by atoms with Gasteiger partial charge in [0.2, 0.25) is 0 Å². The van der Waals surface area contributed by atoms with Gasteiger partial charge in [-0.1, -0.05) is 6.42 Å². The Morgan fingerprint density at radius 3 is 3.33 bits per heavy atom. The Kier molecular flexibility index (Phi) is 2.66. The van der Waals surface area contributed by atoms with Crippen LogP contribution < -0.4 is 5.32 Å². The van der Waals surface area contributed by atoms with E-state index < -0.39 is 0 Å². The summed E-state index contributed by atoms with van der Waals surface area (Å²) in [5, 5.41) is 3.75. The normalized spacial score (nSPS) is 35.7. The van der Waals surface area contributed by atoms with Crippen LogP contribution in [-0.4, -0.2) is 40.1 Å².